The minimum absolute atomic E-state index is 0. The number of carbonyl (C=O) groups excluding carboxylic acids is 1. The van der Waals surface area contributed by atoms with E-state index in [9.17, 15) is 9.18 Å². The van der Waals surface area contributed by atoms with Gasteiger partial charge in [0.05, 0.1) is 0 Å². The molecule has 1 unspecified atom stereocenters. The summed E-state index contributed by atoms with van der Waals surface area (Å²) in [6, 6.07) is 10.9. The Balaban J connectivity index is 0.00000341. The summed E-state index contributed by atoms with van der Waals surface area (Å²) in [4.78, 5) is 22.8. The normalized spacial score (nSPS) is 15.9. The molecule has 0 saturated carbocycles. The van der Waals surface area contributed by atoms with Crippen LogP contribution < -0.4 is 20.9 Å². The Morgan fingerprint density at radius 2 is 2.13 bits per heavy atom. The van der Waals surface area contributed by atoms with E-state index in [4.69, 9.17) is 0 Å². The highest BCUT2D eigenvalue weighted by atomic mass is 127. The average molecular weight is 540 g/mol. The zero-order chi connectivity index (χ0) is 21.3. The van der Waals surface area contributed by atoms with Gasteiger partial charge in [-0.25, -0.2) is 14.4 Å². The highest BCUT2D eigenvalue weighted by molar-refractivity contribution is 14.0. The van der Waals surface area contributed by atoms with Crippen molar-refractivity contribution in [3.05, 3.63) is 54.0 Å². The topological polar surface area (TPSA) is 81.6 Å². The van der Waals surface area contributed by atoms with Gasteiger partial charge in [0, 0.05) is 37.6 Å². The summed E-state index contributed by atoms with van der Waals surface area (Å²) in [5.74, 6) is 0.451. The van der Waals surface area contributed by atoms with Crippen LogP contribution in [0.25, 0.3) is 0 Å². The number of guanidine groups is 1. The Morgan fingerprint density at radius 1 is 1.29 bits per heavy atom. The second kappa shape index (κ2) is 12.4. The predicted octanol–water partition coefficient (Wildman–Crippen LogP) is 3.17. The molecule has 0 aliphatic carbocycles. The van der Waals surface area contributed by atoms with Crippen molar-refractivity contribution >= 4 is 47.3 Å². The molecule has 1 aromatic heterocycles. The van der Waals surface area contributed by atoms with Gasteiger partial charge in [0.1, 0.15) is 6.54 Å². The number of amides is 1. The number of benzene rings is 1. The standard InChI is InChI=1S/C22H29FN6O.HI/c1-3-16-7-5-8-17(13-16)27-20(30)14-26-22(24-4-2)28-18-10-12-29(15-18)21-19(23)9-6-11-25-21;/h5-9,11,13,18H,3-4,10,12,14-15H2,1-2H3,(H,27,30)(H2,24,26,28);1H. The molecule has 1 aromatic carbocycles. The lowest BCUT2D eigenvalue weighted by Gasteiger charge is -2.19. The number of aliphatic imine (C=N–C) groups is 1. The number of carbonyl (C=O) groups is 1. The summed E-state index contributed by atoms with van der Waals surface area (Å²) < 4.78 is 14.0. The summed E-state index contributed by atoms with van der Waals surface area (Å²) >= 11 is 0. The number of halogens is 2. The maximum Gasteiger partial charge on any atom is 0.246 e. The first-order chi connectivity index (χ1) is 14.6. The SMILES string of the molecule is CCNC(=NCC(=O)Nc1cccc(CC)c1)NC1CCN(c2ncccc2F)C1.I. The first-order valence-electron chi connectivity index (χ1n) is 10.4. The number of anilines is 2. The summed E-state index contributed by atoms with van der Waals surface area (Å²) in [6.45, 7) is 6.06. The van der Waals surface area contributed by atoms with E-state index < -0.39 is 0 Å². The third kappa shape index (κ3) is 7.34. The Morgan fingerprint density at radius 3 is 2.87 bits per heavy atom. The molecule has 168 valence electrons. The van der Waals surface area contributed by atoms with Crippen LogP contribution in [0.2, 0.25) is 0 Å². The summed E-state index contributed by atoms with van der Waals surface area (Å²) in [7, 11) is 0. The predicted molar refractivity (Wildman–Crippen MR) is 134 cm³/mol. The van der Waals surface area contributed by atoms with E-state index in [0.717, 1.165) is 18.5 Å². The van der Waals surface area contributed by atoms with Crippen molar-refractivity contribution in [2.75, 3.05) is 36.4 Å². The van der Waals surface area contributed by atoms with Crippen LogP contribution in [0.1, 0.15) is 25.8 Å². The number of rotatable bonds is 7. The van der Waals surface area contributed by atoms with E-state index >= 15 is 0 Å². The van der Waals surface area contributed by atoms with Crippen LogP contribution in [-0.2, 0) is 11.2 Å². The smallest absolute Gasteiger partial charge is 0.246 e. The second-order valence-corrected chi connectivity index (χ2v) is 7.18. The number of aryl methyl sites for hydroxylation is 1. The highest BCUT2D eigenvalue weighted by Crippen LogP contribution is 2.20. The van der Waals surface area contributed by atoms with Crippen molar-refractivity contribution in [3.63, 3.8) is 0 Å². The molecule has 3 rings (SSSR count). The molecule has 7 nitrogen and oxygen atoms in total. The van der Waals surface area contributed by atoms with Crippen molar-refractivity contribution in [3.8, 4) is 0 Å². The van der Waals surface area contributed by atoms with Crippen LogP contribution in [0, 0.1) is 5.82 Å². The van der Waals surface area contributed by atoms with E-state index in [1.165, 1.54) is 11.6 Å². The lowest BCUT2D eigenvalue weighted by molar-refractivity contribution is -0.114. The lowest BCUT2D eigenvalue weighted by atomic mass is 10.1. The van der Waals surface area contributed by atoms with Crippen LogP contribution in [0.5, 0.6) is 0 Å². The maximum atomic E-state index is 14.0. The van der Waals surface area contributed by atoms with Crippen molar-refractivity contribution in [1.29, 1.82) is 0 Å². The quantitative estimate of drug-likeness (QED) is 0.286. The minimum atomic E-state index is -0.317. The largest absolute Gasteiger partial charge is 0.357 e. The average Bonchev–Trinajstić information content (AvgIpc) is 3.21. The molecule has 9 heteroatoms. The van der Waals surface area contributed by atoms with Gasteiger partial charge in [-0.1, -0.05) is 19.1 Å². The van der Waals surface area contributed by atoms with Crippen LogP contribution in [-0.4, -0.2) is 49.1 Å². The van der Waals surface area contributed by atoms with Gasteiger partial charge in [-0.3, -0.25) is 4.79 Å². The van der Waals surface area contributed by atoms with Gasteiger partial charge in [0.25, 0.3) is 0 Å². The van der Waals surface area contributed by atoms with E-state index in [1.807, 2.05) is 36.1 Å². The number of hydrogen-bond donors (Lipinski definition) is 3. The fourth-order valence-electron chi connectivity index (χ4n) is 3.41. The maximum absolute atomic E-state index is 14.0. The van der Waals surface area contributed by atoms with Crippen LogP contribution >= 0.6 is 24.0 Å². The molecule has 2 aromatic rings. The second-order valence-electron chi connectivity index (χ2n) is 7.18. The van der Waals surface area contributed by atoms with E-state index in [-0.39, 0.29) is 48.3 Å². The number of aromatic nitrogens is 1. The van der Waals surface area contributed by atoms with Crippen LogP contribution in [0.4, 0.5) is 15.9 Å². The van der Waals surface area contributed by atoms with Crippen molar-refractivity contribution < 1.29 is 9.18 Å². The molecular formula is C22H30FIN6O. The molecule has 2 heterocycles. The molecule has 0 bridgehead atoms. The first kappa shape index (κ1) is 24.8. The van der Waals surface area contributed by atoms with Gasteiger partial charge in [-0.2, -0.15) is 0 Å². The summed E-state index contributed by atoms with van der Waals surface area (Å²) in [5.41, 5.74) is 1.94. The molecule has 1 saturated heterocycles. The number of hydrogen-bond acceptors (Lipinski definition) is 4. The zero-order valence-corrected chi connectivity index (χ0v) is 20.2. The van der Waals surface area contributed by atoms with Gasteiger partial charge in [0.15, 0.2) is 17.6 Å². The van der Waals surface area contributed by atoms with Gasteiger partial charge in [0.2, 0.25) is 5.91 Å². The molecule has 1 aliphatic rings. The Bertz CT molecular complexity index is 894. The number of pyridine rings is 1. The van der Waals surface area contributed by atoms with Gasteiger partial charge in [-0.15, -0.1) is 24.0 Å². The Kier molecular flexibility index (Phi) is 9.96. The van der Waals surface area contributed by atoms with E-state index in [2.05, 4.69) is 32.9 Å². The highest BCUT2D eigenvalue weighted by Gasteiger charge is 2.26. The van der Waals surface area contributed by atoms with Gasteiger partial charge in [-0.05, 0) is 49.6 Å². The summed E-state index contributed by atoms with van der Waals surface area (Å²) in [5, 5.41) is 9.39. The number of nitrogens with one attached hydrogen (secondary N) is 3. The molecule has 1 amide bonds. The third-order valence-corrected chi connectivity index (χ3v) is 4.91. The van der Waals surface area contributed by atoms with Crippen molar-refractivity contribution in [2.45, 2.75) is 32.7 Å². The lowest BCUT2D eigenvalue weighted by Crippen LogP contribution is -2.45. The molecule has 0 radical (unpaired) electrons. The number of nitrogens with zero attached hydrogens (tertiary/aromatic N) is 3. The third-order valence-electron chi connectivity index (χ3n) is 4.91. The van der Waals surface area contributed by atoms with E-state index in [0.29, 0.717) is 31.4 Å². The fourth-order valence-corrected chi connectivity index (χ4v) is 3.41. The molecule has 3 N–H and O–H groups in total. The minimum Gasteiger partial charge on any atom is -0.357 e. The van der Waals surface area contributed by atoms with E-state index in [1.54, 1.807) is 12.3 Å². The Labute approximate surface area is 199 Å². The fraction of sp³-hybridized carbons (Fsp3) is 0.409. The molecule has 31 heavy (non-hydrogen) atoms. The van der Waals surface area contributed by atoms with Crippen molar-refractivity contribution in [2.24, 2.45) is 4.99 Å². The first-order valence-corrected chi connectivity index (χ1v) is 10.4. The van der Waals surface area contributed by atoms with Crippen molar-refractivity contribution in [1.82, 2.24) is 15.6 Å². The monoisotopic (exact) mass is 540 g/mol. The van der Waals surface area contributed by atoms with Crippen LogP contribution in [0.3, 0.4) is 0 Å². The summed E-state index contributed by atoms with van der Waals surface area (Å²) in [6.07, 6.45) is 3.34. The molecule has 1 fully saturated rings. The van der Waals surface area contributed by atoms with Gasteiger partial charge >= 0.3 is 0 Å². The Hall–Kier alpha value is -2.43. The molecule has 1 aliphatic heterocycles. The molecular weight excluding hydrogens is 510 g/mol. The zero-order valence-electron chi connectivity index (χ0n) is 17.9. The molecule has 1 atom stereocenters. The van der Waals surface area contributed by atoms with Crippen LogP contribution in [0.15, 0.2) is 47.6 Å². The van der Waals surface area contributed by atoms with Gasteiger partial charge < -0.3 is 20.9 Å². The molecule has 0 spiro atoms.